The van der Waals surface area contributed by atoms with Gasteiger partial charge in [0.25, 0.3) is 5.91 Å². The Kier molecular flexibility index (Phi) is 7.95. The molecule has 0 fully saturated rings. The number of furan rings is 1. The summed E-state index contributed by atoms with van der Waals surface area (Å²) in [6.07, 6.45) is 1.91. The second-order valence-corrected chi connectivity index (χ2v) is 10.6. The lowest BCUT2D eigenvalue weighted by molar-refractivity contribution is -0.118. The molecule has 0 saturated carbocycles. The summed E-state index contributed by atoms with van der Waals surface area (Å²) in [6, 6.07) is 12.0. The highest BCUT2D eigenvalue weighted by molar-refractivity contribution is 5.98. The summed E-state index contributed by atoms with van der Waals surface area (Å²) < 4.78 is 22.4. The van der Waals surface area contributed by atoms with Crippen LogP contribution in [0, 0.1) is 0 Å². The molecule has 3 heterocycles. The number of benzene rings is 2. The van der Waals surface area contributed by atoms with E-state index in [-0.39, 0.29) is 37.4 Å². The molecule has 6 rings (SSSR count). The Bertz CT molecular complexity index is 1790. The highest BCUT2D eigenvalue weighted by atomic mass is 16.5. The minimum Gasteiger partial charge on any atom is -0.493 e. The third-order valence-electron chi connectivity index (χ3n) is 7.92. The molecule has 44 heavy (non-hydrogen) atoms. The van der Waals surface area contributed by atoms with Crippen LogP contribution >= 0.6 is 0 Å². The molecule has 4 atom stereocenters. The first-order valence-corrected chi connectivity index (χ1v) is 14.0. The van der Waals surface area contributed by atoms with Crippen molar-refractivity contribution in [3.05, 3.63) is 105 Å². The number of nitrogens with zero attached hydrogens (tertiary/aromatic N) is 1. The summed E-state index contributed by atoms with van der Waals surface area (Å²) >= 11 is 0. The second-order valence-electron chi connectivity index (χ2n) is 10.6. The van der Waals surface area contributed by atoms with E-state index >= 15 is 0 Å². The maximum absolute atomic E-state index is 14.2. The van der Waals surface area contributed by atoms with Gasteiger partial charge in [-0.1, -0.05) is 18.2 Å². The molecule has 2 aromatic carbocycles. The largest absolute Gasteiger partial charge is 0.493 e. The Morgan fingerprint density at radius 2 is 1.91 bits per heavy atom. The minimum atomic E-state index is -1.38. The van der Waals surface area contributed by atoms with E-state index in [0.717, 1.165) is 0 Å². The fourth-order valence-electron chi connectivity index (χ4n) is 5.88. The van der Waals surface area contributed by atoms with Crippen LogP contribution in [0.3, 0.4) is 0 Å². The molecule has 4 aromatic rings. The number of nitrogens with one attached hydrogen (secondary N) is 1. The van der Waals surface area contributed by atoms with E-state index < -0.39 is 41.6 Å². The Balaban J connectivity index is 1.48. The van der Waals surface area contributed by atoms with E-state index in [1.165, 1.54) is 36.7 Å². The van der Waals surface area contributed by atoms with Crippen molar-refractivity contribution < 1.29 is 43.2 Å². The smallest absolute Gasteiger partial charge is 0.349 e. The number of rotatable bonds is 9. The molecule has 0 bridgehead atoms. The lowest BCUT2D eigenvalue weighted by Gasteiger charge is -2.40. The Morgan fingerprint density at radius 1 is 1.09 bits per heavy atom. The molecule has 0 spiro atoms. The maximum Gasteiger partial charge on any atom is 0.349 e. The molecule has 0 unspecified atom stereocenters. The van der Waals surface area contributed by atoms with Gasteiger partial charge in [0.15, 0.2) is 11.5 Å². The maximum atomic E-state index is 14.2. The number of hydrogen-bond donors (Lipinski definition) is 4. The Labute approximate surface area is 250 Å². The zero-order chi connectivity index (χ0) is 31.0. The number of ether oxygens (including phenoxy) is 2. The molecular formula is C32H30N2O10. The molecule has 2 aromatic heterocycles. The molecule has 0 saturated heterocycles. The van der Waals surface area contributed by atoms with E-state index in [0.29, 0.717) is 39.2 Å². The van der Waals surface area contributed by atoms with Gasteiger partial charge in [0, 0.05) is 35.2 Å². The quantitative estimate of drug-likeness (QED) is 0.207. The average Bonchev–Trinajstić information content (AvgIpc) is 3.70. The van der Waals surface area contributed by atoms with Crippen molar-refractivity contribution in [3.8, 4) is 11.5 Å². The molecule has 2 amide bonds. The molecule has 1 aliphatic heterocycles. The lowest BCUT2D eigenvalue weighted by atomic mass is 9.77. The number of aliphatic hydroxyl groups excluding tert-OH is 3. The zero-order valence-corrected chi connectivity index (χ0v) is 23.6. The summed E-state index contributed by atoms with van der Waals surface area (Å²) in [6.45, 7) is -0.737. The van der Waals surface area contributed by atoms with Crippen LogP contribution in [-0.4, -0.2) is 70.5 Å². The van der Waals surface area contributed by atoms with Crippen molar-refractivity contribution >= 4 is 22.8 Å². The van der Waals surface area contributed by atoms with Gasteiger partial charge < -0.3 is 43.8 Å². The van der Waals surface area contributed by atoms with Crippen LogP contribution in [0.1, 0.15) is 33.0 Å². The molecule has 1 aliphatic carbocycles. The van der Waals surface area contributed by atoms with Gasteiger partial charge in [0.05, 0.1) is 44.8 Å². The fourth-order valence-corrected chi connectivity index (χ4v) is 5.88. The summed E-state index contributed by atoms with van der Waals surface area (Å²) in [4.78, 5) is 42.1. The number of amides is 2. The summed E-state index contributed by atoms with van der Waals surface area (Å²) in [5.74, 6) is -1.48. The van der Waals surface area contributed by atoms with Crippen molar-refractivity contribution in [2.75, 3.05) is 20.3 Å². The van der Waals surface area contributed by atoms with Crippen molar-refractivity contribution in [1.29, 1.82) is 0 Å². The predicted molar refractivity (Wildman–Crippen MR) is 155 cm³/mol. The Hall–Kier alpha value is -4.91. The number of fused-ring (bicyclic) bond motifs is 4. The number of carbonyl (C=O) groups is 2. The molecular weight excluding hydrogens is 572 g/mol. The van der Waals surface area contributed by atoms with Gasteiger partial charge in [0.1, 0.15) is 23.4 Å². The molecule has 228 valence electrons. The van der Waals surface area contributed by atoms with Crippen molar-refractivity contribution in [1.82, 2.24) is 10.2 Å². The highest BCUT2D eigenvalue weighted by Gasteiger charge is 2.51. The molecule has 12 heteroatoms. The fraction of sp³-hybridized carbons (Fsp3) is 0.281. The SMILES string of the molecule is COc1cc(CO)cc2c1O[C@@H]1[C@@H](O)[C@H](N(Cc3ccoc3)C(=O)c3cc4ccccc4oc3=O)C=C(C(=O)NCCO)[C@H]21. The van der Waals surface area contributed by atoms with E-state index in [1.807, 2.05) is 0 Å². The van der Waals surface area contributed by atoms with Gasteiger partial charge in [-0.2, -0.15) is 0 Å². The molecule has 2 aliphatic rings. The summed E-state index contributed by atoms with van der Waals surface area (Å²) in [5, 5.41) is 34.3. The van der Waals surface area contributed by atoms with Crippen LogP contribution in [0.5, 0.6) is 11.5 Å². The second kappa shape index (κ2) is 12.0. The van der Waals surface area contributed by atoms with Crippen molar-refractivity contribution in [3.63, 3.8) is 0 Å². The van der Waals surface area contributed by atoms with Crippen LogP contribution < -0.4 is 20.4 Å². The van der Waals surface area contributed by atoms with Crippen molar-refractivity contribution in [2.45, 2.75) is 37.3 Å². The lowest BCUT2D eigenvalue weighted by Crippen LogP contribution is -2.55. The van der Waals surface area contributed by atoms with Crippen LogP contribution in [0.2, 0.25) is 0 Å². The molecule has 4 N–H and O–H groups in total. The topological polar surface area (TPSA) is 172 Å². The van der Waals surface area contributed by atoms with E-state index in [9.17, 15) is 29.7 Å². The van der Waals surface area contributed by atoms with Crippen LogP contribution in [-0.2, 0) is 17.9 Å². The first-order chi connectivity index (χ1) is 21.3. The third-order valence-corrected chi connectivity index (χ3v) is 7.92. The first kappa shape index (κ1) is 29.2. The number of carbonyl (C=O) groups excluding carboxylic acids is 2. The third kappa shape index (κ3) is 5.12. The minimum absolute atomic E-state index is 0.0374. The molecule has 0 radical (unpaired) electrons. The van der Waals surface area contributed by atoms with Gasteiger partial charge in [-0.05, 0) is 42.0 Å². The molecule has 12 nitrogen and oxygen atoms in total. The number of hydrogen-bond acceptors (Lipinski definition) is 10. The van der Waals surface area contributed by atoms with Crippen LogP contribution in [0.15, 0.2) is 86.3 Å². The monoisotopic (exact) mass is 602 g/mol. The van der Waals surface area contributed by atoms with Gasteiger partial charge in [-0.15, -0.1) is 0 Å². The Morgan fingerprint density at radius 3 is 2.64 bits per heavy atom. The number of methoxy groups -OCH3 is 1. The van der Waals surface area contributed by atoms with Gasteiger partial charge in [-0.3, -0.25) is 9.59 Å². The van der Waals surface area contributed by atoms with Gasteiger partial charge in [-0.25, -0.2) is 4.79 Å². The summed E-state index contributed by atoms with van der Waals surface area (Å²) in [5.41, 5.74) is 0.969. The average molecular weight is 603 g/mol. The normalized spacial score (nSPS) is 20.3. The zero-order valence-electron chi connectivity index (χ0n) is 23.6. The van der Waals surface area contributed by atoms with Crippen LogP contribution in [0.4, 0.5) is 0 Å². The van der Waals surface area contributed by atoms with Gasteiger partial charge >= 0.3 is 5.63 Å². The first-order valence-electron chi connectivity index (χ1n) is 14.0. The van der Waals surface area contributed by atoms with Crippen molar-refractivity contribution in [2.24, 2.45) is 0 Å². The van der Waals surface area contributed by atoms with Crippen LogP contribution in [0.25, 0.3) is 11.0 Å². The standard InChI is InChI=1S/C32H30N2O10/c1-41-25-11-18(15-36)10-20-26-21(30(38)33-7-8-35)13-23(27(37)29(26)44-28(20)25)34(14-17-6-9-42-16-17)31(39)22-12-19-4-2-3-5-24(19)43-32(22)40/h2-6,9-13,16,23,26-27,29,35-37H,7-8,14-15H2,1H3,(H,33,38)/t23-,26+,27+,29+/m1/s1. The number of para-hydroxylation sites is 1. The predicted octanol–water partition coefficient (Wildman–Crippen LogP) is 1.85. The van der Waals surface area contributed by atoms with Gasteiger partial charge in [0.2, 0.25) is 5.91 Å². The van der Waals surface area contributed by atoms with E-state index in [1.54, 1.807) is 42.5 Å². The highest BCUT2D eigenvalue weighted by Crippen LogP contribution is 2.51. The number of aliphatic hydroxyl groups is 3. The van der Waals surface area contributed by atoms with E-state index in [4.69, 9.17) is 18.3 Å². The van der Waals surface area contributed by atoms with E-state index in [2.05, 4.69) is 5.32 Å². The summed E-state index contributed by atoms with van der Waals surface area (Å²) in [7, 11) is 1.44.